The van der Waals surface area contributed by atoms with Crippen molar-refractivity contribution >= 4 is 32.4 Å². The molecule has 0 unspecified atom stereocenters. The number of carbonyl (C=O) groups excluding carboxylic acids is 1. The van der Waals surface area contributed by atoms with Crippen LogP contribution < -0.4 is 5.32 Å². The van der Waals surface area contributed by atoms with Crippen LogP contribution in [0.5, 0.6) is 0 Å². The predicted molar refractivity (Wildman–Crippen MR) is 135 cm³/mol. The van der Waals surface area contributed by atoms with Crippen LogP contribution in [0.2, 0.25) is 0 Å². The summed E-state index contributed by atoms with van der Waals surface area (Å²) < 4.78 is 27.9. The van der Waals surface area contributed by atoms with Crippen molar-refractivity contribution in [3.63, 3.8) is 0 Å². The SMILES string of the molecule is Cc1ccc(-c2nnc(NC(=O)CN3CCN(S(=O)(=O)c4cc(C)c(C)cc4C)CC3)s2)cc1. The number of nitrogens with zero attached hydrogens (tertiary/aromatic N) is 4. The highest BCUT2D eigenvalue weighted by Gasteiger charge is 2.30. The average molecular weight is 500 g/mol. The second-order valence-electron chi connectivity index (χ2n) is 8.71. The van der Waals surface area contributed by atoms with Crippen LogP contribution in [0.15, 0.2) is 41.3 Å². The Labute approximate surface area is 204 Å². The van der Waals surface area contributed by atoms with Gasteiger partial charge in [-0.25, -0.2) is 8.42 Å². The van der Waals surface area contributed by atoms with E-state index in [1.165, 1.54) is 21.2 Å². The number of hydrogen-bond donors (Lipinski definition) is 1. The molecule has 0 atom stereocenters. The second-order valence-corrected chi connectivity index (χ2v) is 11.6. The zero-order valence-electron chi connectivity index (χ0n) is 19.8. The molecule has 1 aromatic heterocycles. The molecular weight excluding hydrogens is 470 g/mol. The van der Waals surface area contributed by atoms with Crippen molar-refractivity contribution in [1.82, 2.24) is 19.4 Å². The molecule has 2 aromatic carbocycles. The third-order valence-corrected chi connectivity index (χ3v) is 9.01. The maximum atomic E-state index is 13.2. The third kappa shape index (κ3) is 5.35. The summed E-state index contributed by atoms with van der Waals surface area (Å²) in [5, 5.41) is 12.3. The van der Waals surface area contributed by atoms with Crippen LogP contribution in [0.1, 0.15) is 22.3 Å². The lowest BCUT2D eigenvalue weighted by molar-refractivity contribution is -0.117. The Kier molecular flexibility index (Phi) is 7.13. The van der Waals surface area contributed by atoms with Gasteiger partial charge in [0, 0.05) is 31.7 Å². The largest absolute Gasteiger partial charge is 0.299 e. The molecule has 0 radical (unpaired) electrons. The normalized spacial score (nSPS) is 15.4. The predicted octanol–water partition coefficient (Wildman–Crippen LogP) is 3.38. The molecule has 4 rings (SSSR count). The summed E-state index contributed by atoms with van der Waals surface area (Å²) in [6.07, 6.45) is 0. The van der Waals surface area contributed by atoms with Gasteiger partial charge in [-0.15, -0.1) is 10.2 Å². The first-order chi connectivity index (χ1) is 16.1. The van der Waals surface area contributed by atoms with E-state index >= 15 is 0 Å². The fourth-order valence-corrected chi connectivity index (χ4v) is 6.41. The number of piperazine rings is 1. The molecule has 1 fully saturated rings. The molecule has 2 heterocycles. The molecule has 1 aliphatic heterocycles. The minimum Gasteiger partial charge on any atom is -0.299 e. The fourth-order valence-electron chi connectivity index (χ4n) is 3.93. The number of anilines is 1. The Morgan fingerprint density at radius 1 is 0.941 bits per heavy atom. The molecule has 0 bridgehead atoms. The highest BCUT2D eigenvalue weighted by atomic mass is 32.2. The first kappa shape index (κ1) is 24.5. The van der Waals surface area contributed by atoms with Gasteiger partial charge in [-0.2, -0.15) is 4.31 Å². The van der Waals surface area contributed by atoms with E-state index in [0.717, 1.165) is 27.3 Å². The molecule has 1 aliphatic rings. The summed E-state index contributed by atoms with van der Waals surface area (Å²) in [6.45, 7) is 9.60. The summed E-state index contributed by atoms with van der Waals surface area (Å²) in [4.78, 5) is 14.9. The summed E-state index contributed by atoms with van der Waals surface area (Å²) in [5.41, 5.74) is 4.92. The monoisotopic (exact) mass is 499 g/mol. The van der Waals surface area contributed by atoms with Crippen LogP contribution in [0.3, 0.4) is 0 Å². The van der Waals surface area contributed by atoms with Crippen LogP contribution in [0, 0.1) is 27.7 Å². The number of sulfonamides is 1. The Bertz CT molecular complexity index is 1290. The molecule has 0 spiro atoms. The zero-order valence-corrected chi connectivity index (χ0v) is 21.5. The Hall–Kier alpha value is -2.66. The van der Waals surface area contributed by atoms with Gasteiger partial charge in [0.05, 0.1) is 11.4 Å². The number of amides is 1. The summed E-state index contributed by atoms with van der Waals surface area (Å²) >= 11 is 1.33. The van der Waals surface area contributed by atoms with Gasteiger partial charge in [-0.1, -0.05) is 47.2 Å². The Morgan fingerprint density at radius 3 is 2.26 bits per heavy atom. The first-order valence-electron chi connectivity index (χ1n) is 11.1. The van der Waals surface area contributed by atoms with Crippen molar-refractivity contribution in [1.29, 1.82) is 0 Å². The maximum absolute atomic E-state index is 13.2. The Morgan fingerprint density at radius 2 is 1.59 bits per heavy atom. The van der Waals surface area contributed by atoms with E-state index in [1.54, 1.807) is 6.07 Å². The van der Waals surface area contributed by atoms with Gasteiger partial charge >= 0.3 is 0 Å². The molecule has 180 valence electrons. The summed E-state index contributed by atoms with van der Waals surface area (Å²) in [7, 11) is -3.57. The van der Waals surface area contributed by atoms with E-state index in [1.807, 2.05) is 62.9 Å². The van der Waals surface area contributed by atoms with Crippen LogP contribution in [-0.2, 0) is 14.8 Å². The number of carbonyl (C=O) groups is 1. The fraction of sp³-hybridized carbons (Fsp3) is 0.375. The molecule has 1 amide bonds. The van der Waals surface area contributed by atoms with Gasteiger partial charge in [0.15, 0.2) is 0 Å². The van der Waals surface area contributed by atoms with Crippen molar-refractivity contribution in [2.75, 3.05) is 38.0 Å². The van der Waals surface area contributed by atoms with Crippen LogP contribution in [0.25, 0.3) is 10.6 Å². The molecular formula is C24H29N5O3S2. The summed E-state index contributed by atoms with van der Waals surface area (Å²) in [5.74, 6) is -0.187. The molecule has 34 heavy (non-hydrogen) atoms. The number of aryl methyl sites for hydroxylation is 4. The van der Waals surface area contributed by atoms with Crippen LogP contribution in [0.4, 0.5) is 5.13 Å². The lowest BCUT2D eigenvalue weighted by atomic mass is 10.1. The molecule has 0 saturated carbocycles. The second kappa shape index (κ2) is 9.91. The van der Waals surface area contributed by atoms with E-state index in [9.17, 15) is 13.2 Å². The van der Waals surface area contributed by atoms with Crippen molar-refractivity contribution in [3.05, 3.63) is 58.7 Å². The molecule has 8 nitrogen and oxygen atoms in total. The smallest absolute Gasteiger partial charge is 0.243 e. The number of nitrogens with one attached hydrogen (secondary N) is 1. The highest BCUT2D eigenvalue weighted by molar-refractivity contribution is 7.89. The van der Waals surface area contributed by atoms with Gasteiger partial charge in [-0.3, -0.25) is 15.0 Å². The van der Waals surface area contributed by atoms with Crippen molar-refractivity contribution in [2.45, 2.75) is 32.6 Å². The molecule has 10 heteroatoms. The van der Waals surface area contributed by atoms with E-state index in [0.29, 0.717) is 36.2 Å². The van der Waals surface area contributed by atoms with Gasteiger partial charge in [0.2, 0.25) is 21.1 Å². The van der Waals surface area contributed by atoms with Gasteiger partial charge in [-0.05, 0) is 50.5 Å². The number of benzene rings is 2. The topological polar surface area (TPSA) is 95.5 Å². The highest BCUT2D eigenvalue weighted by Crippen LogP contribution is 2.27. The minimum atomic E-state index is -3.57. The minimum absolute atomic E-state index is 0.177. The van der Waals surface area contributed by atoms with Crippen molar-refractivity contribution in [3.8, 4) is 10.6 Å². The van der Waals surface area contributed by atoms with Crippen LogP contribution >= 0.6 is 11.3 Å². The number of aromatic nitrogens is 2. The van der Waals surface area contributed by atoms with Gasteiger partial charge in [0.1, 0.15) is 5.01 Å². The van der Waals surface area contributed by atoms with E-state index in [-0.39, 0.29) is 12.5 Å². The van der Waals surface area contributed by atoms with Crippen molar-refractivity contribution in [2.24, 2.45) is 0 Å². The third-order valence-electron chi connectivity index (χ3n) is 6.08. The lowest BCUT2D eigenvalue weighted by Gasteiger charge is -2.33. The number of hydrogen-bond acceptors (Lipinski definition) is 7. The molecule has 3 aromatic rings. The zero-order chi connectivity index (χ0) is 24.5. The Balaban J connectivity index is 1.32. The lowest BCUT2D eigenvalue weighted by Crippen LogP contribution is -2.50. The molecule has 1 saturated heterocycles. The quantitative estimate of drug-likeness (QED) is 0.559. The van der Waals surface area contributed by atoms with E-state index < -0.39 is 10.0 Å². The van der Waals surface area contributed by atoms with Crippen molar-refractivity contribution < 1.29 is 13.2 Å². The first-order valence-corrected chi connectivity index (χ1v) is 13.4. The summed E-state index contributed by atoms with van der Waals surface area (Å²) in [6, 6.07) is 11.7. The van der Waals surface area contributed by atoms with Crippen LogP contribution in [-0.4, -0.2) is 66.5 Å². The maximum Gasteiger partial charge on any atom is 0.243 e. The molecule has 0 aliphatic carbocycles. The number of rotatable bonds is 6. The average Bonchev–Trinajstić information content (AvgIpc) is 3.25. The van der Waals surface area contributed by atoms with E-state index in [4.69, 9.17) is 0 Å². The van der Waals surface area contributed by atoms with Gasteiger partial charge < -0.3 is 0 Å². The van der Waals surface area contributed by atoms with Gasteiger partial charge in [0.25, 0.3) is 0 Å². The standard InChI is InChI=1S/C24H29N5O3S2/c1-16-5-7-20(8-6-16)23-26-27-24(33-23)25-22(30)15-28-9-11-29(12-10-28)34(31,32)21-14-18(3)17(2)13-19(21)4/h5-8,13-14H,9-12,15H2,1-4H3,(H,25,27,30). The van der Waals surface area contributed by atoms with E-state index in [2.05, 4.69) is 15.5 Å². The molecule has 1 N–H and O–H groups in total.